The molecule has 0 aromatic heterocycles. The first-order chi connectivity index (χ1) is 13.0. The molecule has 0 amide bonds. The zero-order chi connectivity index (χ0) is 20.6. The molecule has 0 N–H and O–H groups in total. The summed E-state index contributed by atoms with van der Waals surface area (Å²) in [7, 11) is -3.99. The summed E-state index contributed by atoms with van der Waals surface area (Å²) in [6.07, 6.45) is 2.31. The van der Waals surface area contributed by atoms with Crippen LogP contribution >= 0.6 is 0 Å². The van der Waals surface area contributed by atoms with Gasteiger partial charge in [-0.25, -0.2) is 0 Å². The Labute approximate surface area is 171 Å². The van der Waals surface area contributed by atoms with Crippen LogP contribution in [0, 0.1) is 0 Å². The Kier molecular flexibility index (Phi) is 16.2. The van der Waals surface area contributed by atoms with Crippen molar-refractivity contribution in [3.63, 3.8) is 0 Å². The second-order valence-corrected chi connectivity index (χ2v) is 14.1. The minimum absolute atomic E-state index is 0.760. The standard InChI is InChI=1S/C20H47NO4Si2/c1-8-21(17-15-19-26(13-6,22-9-2)23-10-3)18-16-20-27(14-7,24-11-4)25-12-5/h8-20H2,1-7H3. The molecule has 0 radical (unpaired) electrons. The summed E-state index contributed by atoms with van der Waals surface area (Å²) in [5.74, 6) is 0. The summed E-state index contributed by atoms with van der Waals surface area (Å²) >= 11 is 0. The minimum atomic E-state index is -2.00. The molecule has 0 fully saturated rings. The zero-order valence-electron chi connectivity index (χ0n) is 19.3. The highest BCUT2D eigenvalue weighted by atomic mass is 28.4. The van der Waals surface area contributed by atoms with Crippen LogP contribution in [0.15, 0.2) is 0 Å². The number of nitrogens with zero attached hydrogens (tertiary/aromatic N) is 1. The van der Waals surface area contributed by atoms with Gasteiger partial charge >= 0.3 is 17.1 Å². The molecule has 0 aliphatic carbocycles. The Morgan fingerprint density at radius 1 is 0.556 bits per heavy atom. The highest BCUT2D eigenvalue weighted by molar-refractivity contribution is 6.67. The van der Waals surface area contributed by atoms with Crippen molar-refractivity contribution in [2.75, 3.05) is 46.1 Å². The topological polar surface area (TPSA) is 40.2 Å². The lowest BCUT2D eigenvalue weighted by molar-refractivity contribution is 0.178. The van der Waals surface area contributed by atoms with E-state index in [4.69, 9.17) is 17.7 Å². The first-order valence-corrected chi connectivity index (χ1v) is 15.7. The lowest BCUT2D eigenvalue weighted by Crippen LogP contribution is -2.43. The van der Waals surface area contributed by atoms with E-state index in [1.807, 2.05) is 0 Å². The van der Waals surface area contributed by atoms with Gasteiger partial charge in [-0.05, 0) is 84.3 Å². The van der Waals surface area contributed by atoms with Gasteiger partial charge in [0.25, 0.3) is 0 Å². The smallest absolute Gasteiger partial charge is 0.337 e. The van der Waals surface area contributed by atoms with E-state index in [0.29, 0.717) is 0 Å². The van der Waals surface area contributed by atoms with E-state index in [2.05, 4.69) is 53.4 Å². The summed E-state index contributed by atoms with van der Waals surface area (Å²) < 4.78 is 24.4. The van der Waals surface area contributed by atoms with Crippen LogP contribution in [-0.2, 0) is 17.7 Å². The Morgan fingerprint density at radius 3 is 1.11 bits per heavy atom. The van der Waals surface area contributed by atoms with Crippen molar-refractivity contribution >= 4 is 17.1 Å². The number of hydrogen-bond acceptors (Lipinski definition) is 5. The van der Waals surface area contributed by atoms with Crippen molar-refractivity contribution in [3.8, 4) is 0 Å². The third-order valence-corrected chi connectivity index (χ3v) is 12.9. The summed E-state index contributed by atoms with van der Waals surface area (Å²) in [4.78, 5) is 2.55. The van der Waals surface area contributed by atoms with Crippen LogP contribution in [0.2, 0.25) is 24.2 Å². The molecule has 0 unspecified atom stereocenters. The summed E-state index contributed by atoms with van der Waals surface area (Å²) in [5, 5.41) is 0. The van der Waals surface area contributed by atoms with Gasteiger partial charge in [0.05, 0.1) is 0 Å². The fraction of sp³-hybridized carbons (Fsp3) is 1.00. The second kappa shape index (κ2) is 16.1. The van der Waals surface area contributed by atoms with E-state index in [0.717, 1.165) is 83.1 Å². The lowest BCUT2D eigenvalue weighted by atomic mass is 10.3. The van der Waals surface area contributed by atoms with Crippen LogP contribution in [0.4, 0.5) is 0 Å². The van der Waals surface area contributed by atoms with Gasteiger partial charge in [0, 0.05) is 26.4 Å². The van der Waals surface area contributed by atoms with Gasteiger partial charge in [0.15, 0.2) is 0 Å². The first-order valence-electron chi connectivity index (χ1n) is 11.3. The Morgan fingerprint density at radius 2 is 0.889 bits per heavy atom. The molecule has 0 aliphatic rings. The quantitative estimate of drug-likeness (QED) is 0.269. The first kappa shape index (κ1) is 27.2. The molecule has 0 heterocycles. The summed E-state index contributed by atoms with van der Waals surface area (Å²) in [6, 6.07) is 4.25. The maximum Gasteiger partial charge on any atom is 0.337 e. The normalized spacial score (nSPS) is 12.9. The molecule has 7 heteroatoms. The molecule has 0 saturated heterocycles. The van der Waals surface area contributed by atoms with E-state index in [9.17, 15) is 0 Å². The molecular formula is C20H47NO4Si2. The fourth-order valence-electron chi connectivity index (χ4n) is 3.76. The molecule has 0 rings (SSSR count). The molecule has 0 bridgehead atoms. The third kappa shape index (κ3) is 10.5. The van der Waals surface area contributed by atoms with Gasteiger partial charge in [-0.1, -0.05) is 20.8 Å². The molecule has 0 saturated carbocycles. The number of rotatable bonds is 19. The fourth-order valence-corrected chi connectivity index (χ4v) is 9.52. The molecule has 0 spiro atoms. The summed E-state index contributed by atoms with van der Waals surface area (Å²) in [6.45, 7) is 21.4. The van der Waals surface area contributed by atoms with Crippen molar-refractivity contribution < 1.29 is 17.7 Å². The van der Waals surface area contributed by atoms with Crippen LogP contribution < -0.4 is 0 Å². The SMILES string of the molecule is CCO[Si](CC)(CCCN(CC)CCC[Si](CC)(OCC)OCC)OCC. The van der Waals surface area contributed by atoms with Gasteiger partial charge in [0.2, 0.25) is 0 Å². The van der Waals surface area contributed by atoms with E-state index in [-0.39, 0.29) is 0 Å². The van der Waals surface area contributed by atoms with E-state index < -0.39 is 17.1 Å². The highest BCUT2D eigenvalue weighted by Crippen LogP contribution is 2.23. The zero-order valence-corrected chi connectivity index (χ0v) is 21.3. The maximum absolute atomic E-state index is 6.10. The largest absolute Gasteiger partial charge is 0.394 e. The monoisotopic (exact) mass is 421 g/mol. The van der Waals surface area contributed by atoms with Crippen LogP contribution in [0.3, 0.4) is 0 Å². The Hall–Kier alpha value is 0.234. The molecule has 5 nitrogen and oxygen atoms in total. The predicted octanol–water partition coefficient (Wildman–Crippen LogP) is 5.16. The molecule has 164 valence electrons. The van der Waals surface area contributed by atoms with Crippen molar-refractivity contribution in [1.82, 2.24) is 4.90 Å². The average molecular weight is 422 g/mol. The van der Waals surface area contributed by atoms with Crippen molar-refractivity contribution in [2.24, 2.45) is 0 Å². The molecule has 27 heavy (non-hydrogen) atoms. The van der Waals surface area contributed by atoms with Crippen LogP contribution in [-0.4, -0.2) is 68.1 Å². The van der Waals surface area contributed by atoms with E-state index >= 15 is 0 Å². The van der Waals surface area contributed by atoms with Crippen LogP contribution in [0.1, 0.15) is 61.3 Å². The van der Waals surface area contributed by atoms with Gasteiger partial charge in [-0.2, -0.15) is 0 Å². The maximum atomic E-state index is 6.10. The predicted molar refractivity (Wildman–Crippen MR) is 120 cm³/mol. The minimum Gasteiger partial charge on any atom is -0.394 e. The van der Waals surface area contributed by atoms with Crippen LogP contribution in [0.5, 0.6) is 0 Å². The van der Waals surface area contributed by atoms with Gasteiger partial charge in [-0.3, -0.25) is 0 Å². The Balaban J connectivity index is 4.48. The Bertz CT molecular complexity index is 306. The van der Waals surface area contributed by atoms with Gasteiger partial charge in [-0.15, -0.1) is 0 Å². The van der Waals surface area contributed by atoms with Crippen LogP contribution in [0.25, 0.3) is 0 Å². The van der Waals surface area contributed by atoms with Gasteiger partial charge < -0.3 is 22.6 Å². The van der Waals surface area contributed by atoms with Crippen molar-refractivity contribution in [3.05, 3.63) is 0 Å². The summed E-state index contributed by atoms with van der Waals surface area (Å²) in [5.41, 5.74) is 0. The van der Waals surface area contributed by atoms with Crippen molar-refractivity contribution in [1.29, 1.82) is 0 Å². The second-order valence-electron chi connectivity index (χ2n) is 6.90. The lowest BCUT2D eigenvalue weighted by Gasteiger charge is -2.31. The molecule has 0 aliphatic heterocycles. The van der Waals surface area contributed by atoms with E-state index in [1.54, 1.807) is 0 Å². The van der Waals surface area contributed by atoms with E-state index in [1.165, 1.54) is 0 Å². The number of hydrogen-bond donors (Lipinski definition) is 0. The third-order valence-electron chi connectivity index (χ3n) is 5.22. The average Bonchev–Trinajstić information content (AvgIpc) is 2.67. The molecular weight excluding hydrogens is 374 g/mol. The molecule has 0 atom stereocenters. The van der Waals surface area contributed by atoms with Gasteiger partial charge in [0.1, 0.15) is 0 Å². The van der Waals surface area contributed by atoms with Crippen molar-refractivity contribution in [2.45, 2.75) is 85.5 Å². The highest BCUT2D eigenvalue weighted by Gasteiger charge is 2.35. The molecule has 0 aromatic carbocycles. The molecule has 0 aromatic rings.